The number of hydrogen-bond donors (Lipinski definition) is 1. The summed E-state index contributed by atoms with van der Waals surface area (Å²) in [5, 5.41) is 3.91. The van der Waals surface area contributed by atoms with Crippen molar-refractivity contribution in [2.24, 2.45) is 11.8 Å². The Morgan fingerprint density at radius 1 is 0.708 bits per heavy atom. The smallest absolute Gasteiger partial charge is 0.0345 e. The average molecular weight is 326 g/mol. The Labute approximate surface area is 148 Å². The van der Waals surface area contributed by atoms with Crippen molar-refractivity contribution in [3.63, 3.8) is 0 Å². The second-order valence-corrected chi connectivity index (χ2v) is 8.77. The summed E-state index contributed by atoms with van der Waals surface area (Å²) in [7, 11) is 0. The van der Waals surface area contributed by atoms with Crippen LogP contribution in [0.2, 0.25) is 0 Å². The summed E-state index contributed by atoms with van der Waals surface area (Å²) in [5.74, 6) is 2.86. The monoisotopic (exact) mass is 325 g/mol. The van der Waals surface area contributed by atoms with E-state index in [9.17, 15) is 0 Å². The van der Waals surface area contributed by atoms with Crippen LogP contribution >= 0.6 is 0 Å². The highest BCUT2D eigenvalue weighted by molar-refractivity contribution is 5.47. The van der Waals surface area contributed by atoms with Gasteiger partial charge in [0.25, 0.3) is 0 Å². The highest BCUT2D eigenvalue weighted by Gasteiger charge is 2.30. The van der Waals surface area contributed by atoms with Crippen LogP contribution in [-0.2, 0) is 0 Å². The van der Waals surface area contributed by atoms with E-state index >= 15 is 0 Å². The second kappa shape index (κ2) is 7.93. The molecule has 1 aromatic rings. The van der Waals surface area contributed by atoms with Crippen molar-refractivity contribution in [3.05, 3.63) is 29.8 Å². The predicted octanol–water partition coefficient (Wildman–Crippen LogP) is 6.90. The van der Waals surface area contributed by atoms with Crippen molar-refractivity contribution in [2.75, 3.05) is 5.32 Å². The van der Waals surface area contributed by atoms with Crippen LogP contribution in [0.3, 0.4) is 0 Å². The summed E-state index contributed by atoms with van der Waals surface area (Å²) in [5.41, 5.74) is 2.97. The fourth-order valence-electron chi connectivity index (χ4n) is 5.77. The number of benzene rings is 1. The van der Waals surface area contributed by atoms with Gasteiger partial charge in [0, 0.05) is 11.7 Å². The van der Waals surface area contributed by atoms with E-state index in [0.717, 1.165) is 17.8 Å². The van der Waals surface area contributed by atoms with E-state index in [0.29, 0.717) is 6.04 Å². The molecule has 0 bridgehead atoms. The Morgan fingerprint density at radius 3 is 2.29 bits per heavy atom. The van der Waals surface area contributed by atoms with E-state index in [4.69, 9.17) is 0 Å². The Kier molecular flexibility index (Phi) is 5.45. The third-order valence-electron chi connectivity index (χ3n) is 7.12. The minimum absolute atomic E-state index is 0.714. The lowest BCUT2D eigenvalue weighted by molar-refractivity contribution is 0.239. The van der Waals surface area contributed by atoms with E-state index in [2.05, 4.69) is 29.6 Å². The van der Waals surface area contributed by atoms with E-state index in [1.54, 1.807) is 5.56 Å². The van der Waals surface area contributed by atoms with Crippen molar-refractivity contribution in [1.82, 2.24) is 0 Å². The molecule has 0 heterocycles. The fraction of sp³-hybridized carbons (Fsp3) is 0.739. The van der Waals surface area contributed by atoms with Gasteiger partial charge in [0.1, 0.15) is 0 Å². The summed E-state index contributed by atoms with van der Waals surface area (Å²) >= 11 is 0. The zero-order valence-corrected chi connectivity index (χ0v) is 15.3. The maximum Gasteiger partial charge on any atom is 0.0345 e. The van der Waals surface area contributed by atoms with Crippen LogP contribution in [0.4, 0.5) is 5.69 Å². The van der Waals surface area contributed by atoms with Gasteiger partial charge in [0.2, 0.25) is 0 Å². The van der Waals surface area contributed by atoms with Crippen molar-refractivity contribution in [2.45, 2.75) is 95.4 Å². The molecule has 0 amide bonds. The van der Waals surface area contributed by atoms with Crippen LogP contribution in [0.1, 0.15) is 95.0 Å². The Hall–Kier alpha value is -0.980. The molecule has 3 fully saturated rings. The zero-order valence-electron chi connectivity index (χ0n) is 15.3. The maximum atomic E-state index is 3.91. The molecule has 0 aliphatic heterocycles. The lowest BCUT2D eigenvalue weighted by Crippen LogP contribution is -2.30. The fourth-order valence-corrected chi connectivity index (χ4v) is 5.77. The molecular weight excluding hydrogens is 290 g/mol. The first kappa shape index (κ1) is 16.5. The van der Waals surface area contributed by atoms with Crippen LogP contribution < -0.4 is 5.32 Å². The minimum Gasteiger partial charge on any atom is -0.382 e. The molecule has 2 unspecified atom stereocenters. The second-order valence-electron chi connectivity index (χ2n) is 8.77. The molecule has 3 aliphatic rings. The molecule has 1 N–H and O–H groups in total. The Balaban J connectivity index is 1.37. The van der Waals surface area contributed by atoms with Crippen molar-refractivity contribution < 1.29 is 0 Å². The number of hydrogen-bond acceptors (Lipinski definition) is 1. The average Bonchev–Trinajstić information content (AvgIpc) is 3.18. The molecule has 0 radical (unpaired) electrons. The van der Waals surface area contributed by atoms with E-state index in [1.807, 2.05) is 0 Å². The van der Waals surface area contributed by atoms with Crippen LogP contribution in [-0.4, -0.2) is 6.04 Å². The first-order valence-electron chi connectivity index (χ1n) is 10.7. The number of nitrogens with one attached hydrogen (secondary N) is 1. The van der Waals surface area contributed by atoms with Gasteiger partial charge in [0.05, 0.1) is 0 Å². The van der Waals surface area contributed by atoms with Gasteiger partial charge in [-0.2, -0.15) is 0 Å². The molecule has 4 rings (SSSR count). The third kappa shape index (κ3) is 3.98. The molecule has 0 aromatic heterocycles. The van der Waals surface area contributed by atoms with Crippen LogP contribution in [0, 0.1) is 11.8 Å². The topological polar surface area (TPSA) is 12.0 Å². The van der Waals surface area contributed by atoms with Crippen LogP contribution in [0.15, 0.2) is 24.3 Å². The van der Waals surface area contributed by atoms with Crippen molar-refractivity contribution >= 4 is 5.69 Å². The first-order chi connectivity index (χ1) is 11.9. The molecule has 0 spiro atoms. The summed E-state index contributed by atoms with van der Waals surface area (Å²) < 4.78 is 0. The van der Waals surface area contributed by atoms with Gasteiger partial charge in [0.15, 0.2) is 0 Å². The van der Waals surface area contributed by atoms with Crippen LogP contribution in [0.25, 0.3) is 0 Å². The Morgan fingerprint density at radius 2 is 1.46 bits per heavy atom. The highest BCUT2D eigenvalue weighted by Crippen LogP contribution is 2.40. The van der Waals surface area contributed by atoms with Gasteiger partial charge in [-0.3, -0.25) is 0 Å². The molecule has 1 aromatic carbocycles. The number of rotatable bonds is 4. The summed E-state index contributed by atoms with van der Waals surface area (Å²) in [6, 6.07) is 10.1. The normalized spacial score (nSPS) is 29.7. The molecule has 1 heteroatoms. The van der Waals surface area contributed by atoms with Gasteiger partial charge >= 0.3 is 0 Å². The standard InChI is InChI=1S/C23H35N/c1-2-8-18(9-3-1)20-12-6-14-22(16-20)24-23-15-7-13-21(17-23)19-10-4-5-11-19/h6,12,14,16,18-19,21,23-24H,1-5,7-11,13,15,17H2. The molecular formula is C23H35N. The quantitative estimate of drug-likeness (QED) is 0.635. The predicted molar refractivity (Wildman–Crippen MR) is 104 cm³/mol. The number of anilines is 1. The largest absolute Gasteiger partial charge is 0.382 e. The minimum atomic E-state index is 0.714. The first-order valence-corrected chi connectivity index (χ1v) is 10.7. The van der Waals surface area contributed by atoms with E-state index < -0.39 is 0 Å². The third-order valence-corrected chi connectivity index (χ3v) is 7.12. The van der Waals surface area contributed by atoms with Gasteiger partial charge in [-0.15, -0.1) is 0 Å². The molecule has 132 valence electrons. The summed E-state index contributed by atoms with van der Waals surface area (Å²) in [6.45, 7) is 0. The van der Waals surface area contributed by atoms with Gasteiger partial charge in [-0.05, 0) is 61.1 Å². The molecule has 24 heavy (non-hydrogen) atoms. The highest BCUT2D eigenvalue weighted by atomic mass is 14.9. The van der Waals surface area contributed by atoms with Gasteiger partial charge < -0.3 is 5.32 Å². The summed E-state index contributed by atoms with van der Waals surface area (Å²) in [6.07, 6.45) is 18.8. The van der Waals surface area contributed by atoms with Gasteiger partial charge in [-0.1, -0.05) is 69.9 Å². The molecule has 0 saturated heterocycles. The SMILES string of the molecule is c1cc(NC2CCCC(C3CCCC3)C2)cc(C2CCCCC2)c1. The van der Waals surface area contributed by atoms with Crippen LogP contribution in [0.5, 0.6) is 0 Å². The molecule has 1 nitrogen and oxygen atoms in total. The van der Waals surface area contributed by atoms with Crippen molar-refractivity contribution in [3.8, 4) is 0 Å². The maximum absolute atomic E-state index is 3.91. The zero-order chi connectivity index (χ0) is 16.2. The van der Waals surface area contributed by atoms with E-state index in [1.165, 1.54) is 89.2 Å². The summed E-state index contributed by atoms with van der Waals surface area (Å²) in [4.78, 5) is 0. The molecule has 3 aliphatic carbocycles. The molecule has 3 saturated carbocycles. The van der Waals surface area contributed by atoms with Crippen molar-refractivity contribution in [1.29, 1.82) is 0 Å². The Bertz CT molecular complexity index is 511. The van der Waals surface area contributed by atoms with Gasteiger partial charge in [-0.25, -0.2) is 0 Å². The molecule has 2 atom stereocenters. The van der Waals surface area contributed by atoms with E-state index in [-0.39, 0.29) is 0 Å². The lowest BCUT2D eigenvalue weighted by atomic mass is 9.77. The lowest BCUT2D eigenvalue weighted by Gasteiger charge is -2.34.